The van der Waals surface area contributed by atoms with E-state index in [1.54, 1.807) is 5.38 Å². The summed E-state index contributed by atoms with van der Waals surface area (Å²) in [6.45, 7) is 1.07. The summed E-state index contributed by atoms with van der Waals surface area (Å²) in [5, 5.41) is 2.00. The maximum Gasteiger partial charge on any atom is 0.140 e. The summed E-state index contributed by atoms with van der Waals surface area (Å²) in [5.41, 5.74) is -0.106. The third-order valence-electron chi connectivity index (χ3n) is 2.85. The van der Waals surface area contributed by atoms with Crippen molar-refractivity contribution < 1.29 is 18.3 Å². The molecule has 1 saturated heterocycles. The van der Waals surface area contributed by atoms with Crippen molar-refractivity contribution in [2.24, 2.45) is 0 Å². The van der Waals surface area contributed by atoms with E-state index in [9.17, 15) is 8.78 Å². The zero-order valence-corrected chi connectivity index (χ0v) is 10.8. The Morgan fingerprint density at radius 2 is 2.11 bits per heavy atom. The van der Waals surface area contributed by atoms with Crippen LogP contribution in [-0.4, -0.2) is 24.3 Å². The van der Waals surface area contributed by atoms with Crippen molar-refractivity contribution >= 4 is 11.3 Å². The predicted octanol–water partition coefficient (Wildman–Crippen LogP) is 3.26. The average Bonchev–Trinajstić information content (AvgIpc) is 3.01. The number of aromatic nitrogens is 1. The number of hydrogen-bond acceptors (Lipinski definition) is 4. The molecule has 0 aliphatic carbocycles. The van der Waals surface area contributed by atoms with Crippen LogP contribution in [0.1, 0.15) is 6.42 Å². The highest BCUT2D eigenvalue weighted by molar-refractivity contribution is 7.13. The minimum Gasteiger partial charge on any atom is -0.488 e. The Kier molecular flexibility index (Phi) is 3.44. The highest BCUT2D eigenvalue weighted by Crippen LogP contribution is 2.31. The molecular formula is C13H11F2NO2S. The van der Waals surface area contributed by atoms with Crippen LogP contribution in [0, 0.1) is 11.6 Å². The molecule has 0 radical (unpaired) electrons. The van der Waals surface area contributed by atoms with E-state index >= 15 is 0 Å². The summed E-state index contributed by atoms with van der Waals surface area (Å²) in [4.78, 5) is 3.92. The van der Waals surface area contributed by atoms with Gasteiger partial charge in [0.25, 0.3) is 0 Å². The zero-order valence-electron chi connectivity index (χ0n) is 9.94. The van der Waals surface area contributed by atoms with Gasteiger partial charge in [0.05, 0.1) is 18.8 Å². The van der Waals surface area contributed by atoms with Crippen molar-refractivity contribution in [3.8, 4) is 16.3 Å². The first kappa shape index (κ1) is 12.5. The van der Waals surface area contributed by atoms with Crippen molar-refractivity contribution in [3.05, 3.63) is 35.3 Å². The number of benzene rings is 1. The Hall–Kier alpha value is -1.53. The van der Waals surface area contributed by atoms with E-state index in [0.717, 1.165) is 6.42 Å². The minimum absolute atomic E-state index is 0.106. The van der Waals surface area contributed by atoms with Gasteiger partial charge in [0.1, 0.15) is 28.5 Å². The average molecular weight is 283 g/mol. The Balaban J connectivity index is 1.89. The van der Waals surface area contributed by atoms with Gasteiger partial charge in [0, 0.05) is 30.1 Å². The van der Waals surface area contributed by atoms with Gasteiger partial charge < -0.3 is 9.47 Å². The number of thiazole rings is 1. The predicted molar refractivity (Wildman–Crippen MR) is 67.3 cm³/mol. The highest BCUT2D eigenvalue weighted by Gasteiger charge is 2.20. The molecule has 0 unspecified atom stereocenters. The Morgan fingerprint density at radius 1 is 1.32 bits per heavy atom. The molecule has 100 valence electrons. The molecule has 1 aromatic heterocycles. The molecule has 1 fully saturated rings. The van der Waals surface area contributed by atoms with Crippen LogP contribution in [0.15, 0.2) is 23.7 Å². The lowest BCUT2D eigenvalue weighted by Crippen LogP contribution is -2.16. The third-order valence-corrected chi connectivity index (χ3v) is 3.64. The van der Waals surface area contributed by atoms with Crippen LogP contribution in [0.4, 0.5) is 8.78 Å². The van der Waals surface area contributed by atoms with E-state index in [4.69, 9.17) is 9.47 Å². The summed E-state index contributed by atoms with van der Waals surface area (Å²) in [6.07, 6.45) is 2.11. The molecule has 6 heteroatoms. The SMILES string of the molecule is Fc1cc(O[C@@H]2CCOC2)cc(F)c1-c1nccs1. The lowest BCUT2D eigenvalue weighted by molar-refractivity contribution is 0.141. The normalized spacial score (nSPS) is 18.7. The monoisotopic (exact) mass is 283 g/mol. The number of hydrogen-bond donors (Lipinski definition) is 0. The van der Waals surface area contributed by atoms with Crippen LogP contribution in [0.2, 0.25) is 0 Å². The topological polar surface area (TPSA) is 31.4 Å². The van der Waals surface area contributed by atoms with Crippen LogP contribution in [0.3, 0.4) is 0 Å². The molecule has 1 atom stereocenters. The Morgan fingerprint density at radius 3 is 2.68 bits per heavy atom. The molecule has 1 aromatic carbocycles. The fourth-order valence-electron chi connectivity index (χ4n) is 1.97. The van der Waals surface area contributed by atoms with Gasteiger partial charge in [-0.15, -0.1) is 11.3 Å². The first-order valence-electron chi connectivity index (χ1n) is 5.87. The summed E-state index contributed by atoms with van der Waals surface area (Å²) >= 11 is 1.19. The maximum atomic E-state index is 14.0. The molecule has 2 aromatic rings. The first-order chi connectivity index (χ1) is 9.24. The maximum absolute atomic E-state index is 14.0. The minimum atomic E-state index is -0.663. The highest BCUT2D eigenvalue weighted by atomic mass is 32.1. The number of rotatable bonds is 3. The van der Waals surface area contributed by atoms with Gasteiger partial charge in [0.15, 0.2) is 0 Å². The Labute approximate surface area is 112 Å². The van der Waals surface area contributed by atoms with Crippen LogP contribution >= 0.6 is 11.3 Å². The Bertz CT molecular complexity index is 545. The zero-order chi connectivity index (χ0) is 13.2. The number of nitrogens with zero attached hydrogens (tertiary/aromatic N) is 1. The lowest BCUT2D eigenvalue weighted by atomic mass is 10.2. The van der Waals surface area contributed by atoms with Crippen LogP contribution in [0.5, 0.6) is 5.75 Å². The standard InChI is InChI=1S/C13H11F2NO2S/c14-10-5-9(18-8-1-3-17-7-8)6-11(15)12(10)13-16-2-4-19-13/h2,4-6,8H,1,3,7H2/t8-/m1/s1. The van der Waals surface area contributed by atoms with Gasteiger partial charge >= 0.3 is 0 Å². The molecule has 1 aliphatic heterocycles. The van der Waals surface area contributed by atoms with Gasteiger partial charge in [-0.05, 0) is 0 Å². The second-order valence-electron chi connectivity index (χ2n) is 4.20. The second kappa shape index (κ2) is 5.22. The van der Waals surface area contributed by atoms with Crippen LogP contribution < -0.4 is 4.74 Å². The van der Waals surface area contributed by atoms with E-state index in [2.05, 4.69) is 4.98 Å². The summed E-state index contributed by atoms with van der Waals surface area (Å²) in [5.74, 6) is -1.14. The first-order valence-corrected chi connectivity index (χ1v) is 6.75. The second-order valence-corrected chi connectivity index (χ2v) is 5.10. The van der Waals surface area contributed by atoms with Gasteiger partial charge in [0.2, 0.25) is 0 Å². The molecule has 3 rings (SSSR count). The fourth-order valence-corrected chi connectivity index (χ4v) is 2.65. The molecule has 0 N–H and O–H groups in total. The molecular weight excluding hydrogens is 272 g/mol. The van der Waals surface area contributed by atoms with E-state index in [0.29, 0.717) is 18.2 Å². The van der Waals surface area contributed by atoms with E-state index in [1.807, 2.05) is 0 Å². The van der Waals surface area contributed by atoms with Gasteiger partial charge in [-0.1, -0.05) is 0 Å². The quantitative estimate of drug-likeness (QED) is 0.866. The molecule has 0 bridgehead atoms. The van der Waals surface area contributed by atoms with Gasteiger partial charge in [-0.25, -0.2) is 13.8 Å². The molecule has 3 nitrogen and oxygen atoms in total. The third kappa shape index (κ3) is 2.59. The van der Waals surface area contributed by atoms with Crippen molar-refractivity contribution in [3.63, 3.8) is 0 Å². The number of ether oxygens (including phenoxy) is 2. The molecule has 1 aliphatic rings. The molecule has 0 spiro atoms. The molecule has 19 heavy (non-hydrogen) atoms. The van der Waals surface area contributed by atoms with E-state index < -0.39 is 11.6 Å². The molecule has 0 saturated carbocycles. The van der Waals surface area contributed by atoms with Gasteiger partial charge in [-0.2, -0.15) is 0 Å². The van der Waals surface area contributed by atoms with Crippen LogP contribution in [0.25, 0.3) is 10.6 Å². The smallest absolute Gasteiger partial charge is 0.140 e. The number of halogens is 2. The lowest BCUT2D eigenvalue weighted by Gasteiger charge is -2.13. The van der Waals surface area contributed by atoms with Gasteiger partial charge in [-0.3, -0.25) is 0 Å². The largest absolute Gasteiger partial charge is 0.488 e. The van der Waals surface area contributed by atoms with Crippen molar-refractivity contribution in [2.75, 3.05) is 13.2 Å². The summed E-state index contributed by atoms with van der Waals surface area (Å²) < 4.78 is 38.6. The van der Waals surface area contributed by atoms with E-state index in [1.165, 1.54) is 29.7 Å². The summed E-state index contributed by atoms with van der Waals surface area (Å²) in [6, 6.07) is 2.39. The van der Waals surface area contributed by atoms with Crippen molar-refractivity contribution in [2.45, 2.75) is 12.5 Å². The van der Waals surface area contributed by atoms with Crippen molar-refractivity contribution in [1.29, 1.82) is 0 Å². The fraction of sp³-hybridized carbons (Fsp3) is 0.308. The van der Waals surface area contributed by atoms with E-state index in [-0.39, 0.29) is 17.4 Å². The summed E-state index contributed by atoms with van der Waals surface area (Å²) in [7, 11) is 0. The van der Waals surface area contributed by atoms with Crippen LogP contribution in [-0.2, 0) is 4.74 Å². The molecule has 0 amide bonds. The van der Waals surface area contributed by atoms with Crippen molar-refractivity contribution in [1.82, 2.24) is 4.98 Å². The molecule has 2 heterocycles.